The Morgan fingerprint density at radius 3 is 2.66 bits per heavy atom. The van der Waals surface area contributed by atoms with Gasteiger partial charge in [0.1, 0.15) is 11.6 Å². The predicted molar refractivity (Wildman–Crippen MR) is 103 cm³/mol. The summed E-state index contributed by atoms with van der Waals surface area (Å²) < 4.78 is 43.5. The van der Waals surface area contributed by atoms with E-state index in [-0.39, 0.29) is 6.61 Å². The van der Waals surface area contributed by atoms with Crippen molar-refractivity contribution in [1.82, 2.24) is 9.97 Å². The lowest BCUT2D eigenvalue weighted by molar-refractivity contribution is -0.147. The maximum Gasteiger partial charge on any atom is 0.426 e. The molecule has 0 aliphatic heterocycles. The molecule has 3 rings (SSSR count). The molecule has 2 atom stereocenters. The van der Waals surface area contributed by atoms with Crippen LogP contribution in [-0.2, 0) is 16.1 Å². The van der Waals surface area contributed by atoms with Gasteiger partial charge in [-0.05, 0) is 29.4 Å². The van der Waals surface area contributed by atoms with Gasteiger partial charge in [0.15, 0.2) is 0 Å². The summed E-state index contributed by atoms with van der Waals surface area (Å²) in [5.41, 5.74) is 2.62. The second kappa shape index (κ2) is 7.78. The molecule has 1 aromatic heterocycles. The van der Waals surface area contributed by atoms with Gasteiger partial charge in [0.25, 0.3) is 0 Å². The summed E-state index contributed by atoms with van der Waals surface area (Å²) in [6.45, 7) is 5.36. The van der Waals surface area contributed by atoms with Crippen molar-refractivity contribution in [2.75, 3.05) is 0 Å². The van der Waals surface area contributed by atoms with Gasteiger partial charge in [-0.1, -0.05) is 49.7 Å². The van der Waals surface area contributed by atoms with Gasteiger partial charge in [0, 0.05) is 18.0 Å². The molecule has 154 valence electrons. The van der Waals surface area contributed by atoms with Gasteiger partial charge in [0.2, 0.25) is 0 Å². The zero-order valence-electron chi connectivity index (χ0n) is 16.1. The Balaban J connectivity index is 1.70. The fourth-order valence-corrected chi connectivity index (χ4v) is 3.62. The average molecular weight is 425 g/mol. The number of nitrogens with zero attached hydrogens (tertiary/aromatic N) is 2. The lowest BCUT2D eigenvalue weighted by Crippen LogP contribution is -2.11. The fourth-order valence-electron chi connectivity index (χ4n) is 3.49. The SMILES string of the molecule is Cc1c(COC(=O)[C@H]2[C@@H](C=C(Cl)C(F)(F)F)C2(C)C)cccc1-c1cnccn1. The number of alkyl halides is 3. The smallest absolute Gasteiger partial charge is 0.426 e. The first-order valence-corrected chi connectivity index (χ1v) is 9.37. The topological polar surface area (TPSA) is 52.1 Å². The average Bonchev–Trinajstić information content (AvgIpc) is 3.20. The van der Waals surface area contributed by atoms with Gasteiger partial charge in [0.05, 0.1) is 17.8 Å². The van der Waals surface area contributed by atoms with Crippen molar-refractivity contribution in [1.29, 1.82) is 0 Å². The van der Waals surface area contributed by atoms with E-state index in [2.05, 4.69) is 9.97 Å². The second-order valence-electron chi connectivity index (χ2n) is 7.63. The predicted octanol–water partition coefficient (Wildman–Crippen LogP) is 5.45. The van der Waals surface area contributed by atoms with Crippen LogP contribution in [0.15, 0.2) is 47.9 Å². The van der Waals surface area contributed by atoms with Crippen LogP contribution in [0.1, 0.15) is 25.0 Å². The van der Waals surface area contributed by atoms with Crippen molar-refractivity contribution in [3.05, 3.63) is 59.0 Å². The van der Waals surface area contributed by atoms with Gasteiger partial charge in [-0.15, -0.1) is 0 Å². The van der Waals surface area contributed by atoms with E-state index in [1.165, 1.54) is 0 Å². The molecule has 1 aliphatic rings. The van der Waals surface area contributed by atoms with Crippen molar-refractivity contribution in [3.63, 3.8) is 0 Å². The molecule has 0 radical (unpaired) electrons. The molecule has 2 aromatic rings. The number of carbonyl (C=O) groups is 1. The summed E-state index contributed by atoms with van der Waals surface area (Å²) in [6, 6.07) is 5.56. The maximum absolute atomic E-state index is 12.7. The number of hydrogen-bond acceptors (Lipinski definition) is 4. The third kappa shape index (κ3) is 4.45. The molecule has 1 fully saturated rings. The number of aromatic nitrogens is 2. The summed E-state index contributed by atoms with van der Waals surface area (Å²) in [4.78, 5) is 20.8. The monoisotopic (exact) mass is 424 g/mol. The van der Waals surface area contributed by atoms with Crippen LogP contribution < -0.4 is 0 Å². The van der Waals surface area contributed by atoms with Gasteiger partial charge in [-0.2, -0.15) is 13.2 Å². The second-order valence-corrected chi connectivity index (χ2v) is 8.03. The summed E-state index contributed by atoms with van der Waals surface area (Å²) in [6.07, 6.45) is 1.11. The largest absolute Gasteiger partial charge is 0.461 e. The molecular formula is C21H20ClF3N2O2. The van der Waals surface area contributed by atoms with Crippen molar-refractivity contribution >= 4 is 17.6 Å². The van der Waals surface area contributed by atoms with Crippen LogP contribution in [0.2, 0.25) is 0 Å². The first-order chi connectivity index (χ1) is 13.5. The summed E-state index contributed by atoms with van der Waals surface area (Å²) in [5.74, 6) is -1.81. The first kappa shape index (κ1) is 21.3. The highest BCUT2D eigenvalue weighted by molar-refractivity contribution is 6.30. The van der Waals surface area contributed by atoms with Gasteiger partial charge in [-0.3, -0.25) is 14.8 Å². The molecule has 0 spiro atoms. The van der Waals surface area contributed by atoms with Crippen LogP contribution in [-0.4, -0.2) is 22.1 Å². The van der Waals surface area contributed by atoms with E-state index in [1.807, 2.05) is 25.1 Å². The van der Waals surface area contributed by atoms with Crippen LogP contribution in [0.5, 0.6) is 0 Å². The van der Waals surface area contributed by atoms with E-state index in [1.54, 1.807) is 32.4 Å². The van der Waals surface area contributed by atoms with Crippen LogP contribution in [0.3, 0.4) is 0 Å². The maximum atomic E-state index is 12.7. The molecule has 4 nitrogen and oxygen atoms in total. The summed E-state index contributed by atoms with van der Waals surface area (Å²) >= 11 is 5.33. The van der Waals surface area contributed by atoms with Gasteiger partial charge < -0.3 is 4.74 Å². The first-order valence-electron chi connectivity index (χ1n) is 8.99. The van der Waals surface area contributed by atoms with Crippen molar-refractivity contribution < 1.29 is 22.7 Å². The molecule has 8 heteroatoms. The summed E-state index contributed by atoms with van der Waals surface area (Å²) in [5, 5.41) is -1.21. The molecule has 0 bridgehead atoms. The third-order valence-corrected chi connectivity index (χ3v) is 5.76. The highest BCUT2D eigenvalue weighted by Gasteiger charge is 2.62. The Hall–Kier alpha value is -2.41. The molecule has 29 heavy (non-hydrogen) atoms. The van der Waals surface area contributed by atoms with E-state index in [9.17, 15) is 18.0 Å². The van der Waals surface area contributed by atoms with Crippen molar-refractivity contribution in [3.8, 4) is 11.3 Å². The molecule has 1 aromatic carbocycles. The minimum atomic E-state index is -4.62. The third-order valence-electron chi connectivity index (χ3n) is 5.42. The Bertz CT molecular complexity index is 943. The molecule has 1 aliphatic carbocycles. The lowest BCUT2D eigenvalue weighted by Gasteiger charge is -2.12. The zero-order valence-corrected chi connectivity index (χ0v) is 16.9. The van der Waals surface area contributed by atoms with E-state index < -0.39 is 34.4 Å². The number of ether oxygens (including phenoxy) is 1. The van der Waals surface area contributed by atoms with E-state index >= 15 is 0 Å². The molecule has 1 saturated carbocycles. The number of benzene rings is 1. The number of rotatable bonds is 5. The van der Waals surface area contributed by atoms with Crippen molar-refractivity contribution in [2.45, 2.75) is 33.6 Å². The number of allylic oxidation sites excluding steroid dienone is 2. The Labute approximate surface area is 171 Å². The number of carbonyl (C=O) groups excluding carboxylic acids is 1. The van der Waals surface area contributed by atoms with E-state index in [0.717, 1.165) is 22.8 Å². The van der Waals surface area contributed by atoms with Crippen LogP contribution in [0.4, 0.5) is 13.2 Å². The van der Waals surface area contributed by atoms with E-state index in [0.29, 0.717) is 5.69 Å². The Morgan fingerprint density at radius 2 is 2.03 bits per heavy atom. The summed E-state index contributed by atoms with van der Waals surface area (Å²) in [7, 11) is 0. The van der Waals surface area contributed by atoms with Crippen molar-refractivity contribution in [2.24, 2.45) is 17.3 Å². The van der Waals surface area contributed by atoms with Gasteiger partial charge >= 0.3 is 12.1 Å². The molecule has 0 saturated heterocycles. The Morgan fingerprint density at radius 1 is 1.31 bits per heavy atom. The lowest BCUT2D eigenvalue weighted by atomic mass is 10.0. The minimum absolute atomic E-state index is 0.0226. The fraction of sp³-hybridized carbons (Fsp3) is 0.381. The van der Waals surface area contributed by atoms with Crippen LogP contribution in [0, 0.1) is 24.2 Å². The number of hydrogen-bond donors (Lipinski definition) is 0. The van der Waals surface area contributed by atoms with Crippen LogP contribution >= 0.6 is 11.6 Å². The standard InChI is InChI=1S/C21H20ClF3N2O2/c1-12-13(5-4-6-14(12)16-10-26-7-8-27-16)11-29-19(28)18-15(20(18,2)3)9-17(22)21(23,24)25/h4-10,15,18H,11H2,1-3H3/t15-,18-/m1/s1. The number of esters is 1. The highest BCUT2D eigenvalue weighted by atomic mass is 35.5. The Kier molecular flexibility index (Phi) is 5.72. The number of halogens is 4. The van der Waals surface area contributed by atoms with Crippen LogP contribution in [0.25, 0.3) is 11.3 Å². The molecule has 0 amide bonds. The van der Waals surface area contributed by atoms with Gasteiger partial charge in [-0.25, -0.2) is 0 Å². The molecular weight excluding hydrogens is 405 g/mol. The minimum Gasteiger partial charge on any atom is -0.461 e. The molecule has 0 N–H and O–H groups in total. The van der Waals surface area contributed by atoms with E-state index in [4.69, 9.17) is 16.3 Å². The zero-order chi connectivity index (χ0) is 21.4. The quantitative estimate of drug-likeness (QED) is 0.599. The highest BCUT2D eigenvalue weighted by Crippen LogP contribution is 2.60. The molecule has 1 heterocycles. The molecule has 0 unspecified atom stereocenters. The normalized spacial score (nSPS) is 21.0.